The van der Waals surface area contributed by atoms with Crippen LogP contribution in [0, 0.1) is 23.5 Å². The first-order valence-electron chi connectivity index (χ1n) is 6.67. The summed E-state index contributed by atoms with van der Waals surface area (Å²) in [4.78, 5) is 10.1. The van der Waals surface area contributed by atoms with Crippen LogP contribution in [-0.4, -0.2) is 36.1 Å². The van der Waals surface area contributed by atoms with Gasteiger partial charge in [-0.1, -0.05) is 0 Å². The van der Waals surface area contributed by atoms with E-state index in [2.05, 4.69) is 9.97 Å². The predicted molar refractivity (Wildman–Crippen MR) is 75.2 cm³/mol. The molecular formula is C13H12F4N4S. The van der Waals surface area contributed by atoms with Gasteiger partial charge in [0.15, 0.2) is 5.13 Å². The Bertz CT molecular complexity index is 638. The number of pyridine rings is 1. The molecule has 1 fully saturated rings. The summed E-state index contributed by atoms with van der Waals surface area (Å²) in [5.74, 6) is -6.17. The fourth-order valence-corrected chi connectivity index (χ4v) is 3.15. The van der Waals surface area contributed by atoms with Crippen LogP contribution in [0.5, 0.6) is 0 Å². The minimum Gasteiger partial charge on any atom is -0.365 e. The molecule has 0 saturated carbocycles. The molecule has 1 saturated heterocycles. The molecule has 2 aromatic heterocycles. The van der Waals surface area contributed by atoms with E-state index in [1.807, 2.05) is 10.3 Å². The second-order valence-electron chi connectivity index (χ2n) is 4.81. The van der Waals surface area contributed by atoms with Crippen LogP contribution in [0.4, 0.5) is 28.4 Å². The summed E-state index contributed by atoms with van der Waals surface area (Å²) < 4.78 is 54.1. The van der Waals surface area contributed by atoms with Gasteiger partial charge < -0.3 is 9.80 Å². The lowest BCUT2D eigenvalue weighted by molar-refractivity contribution is 0.406. The van der Waals surface area contributed by atoms with E-state index in [0.717, 1.165) is 5.13 Å². The number of hydrogen-bond acceptors (Lipinski definition) is 5. The molecule has 0 bridgehead atoms. The van der Waals surface area contributed by atoms with E-state index in [1.165, 1.54) is 16.2 Å². The molecule has 0 aliphatic carbocycles. The van der Waals surface area contributed by atoms with Crippen molar-refractivity contribution in [2.24, 2.45) is 0 Å². The molecule has 0 radical (unpaired) electrons. The third kappa shape index (κ3) is 2.72. The van der Waals surface area contributed by atoms with Crippen LogP contribution < -0.4 is 9.80 Å². The predicted octanol–water partition coefficient (Wildman–Crippen LogP) is 2.81. The van der Waals surface area contributed by atoms with Gasteiger partial charge in [0, 0.05) is 37.8 Å². The molecule has 0 amide bonds. The minimum absolute atomic E-state index is 0.232. The smallest absolute Gasteiger partial charge is 0.253 e. The largest absolute Gasteiger partial charge is 0.365 e. The van der Waals surface area contributed by atoms with Crippen molar-refractivity contribution in [3.63, 3.8) is 0 Å². The zero-order chi connectivity index (χ0) is 15.7. The molecule has 2 aromatic rings. The van der Waals surface area contributed by atoms with Gasteiger partial charge in [0.25, 0.3) is 11.9 Å². The Kier molecular flexibility index (Phi) is 4.14. The molecule has 1 aliphatic rings. The third-order valence-corrected chi connectivity index (χ3v) is 4.31. The lowest BCUT2D eigenvalue weighted by atomic mass is 10.3. The van der Waals surface area contributed by atoms with Crippen molar-refractivity contribution in [1.29, 1.82) is 0 Å². The first kappa shape index (κ1) is 15.0. The molecule has 3 heterocycles. The molecule has 4 nitrogen and oxygen atoms in total. The van der Waals surface area contributed by atoms with Crippen molar-refractivity contribution < 1.29 is 17.6 Å². The Hall–Kier alpha value is -1.90. The van der Waals surface area contributed by atoms with Crippen molar-refractivity contribution in [3.8, 4) is 0 Å². The van der Waals surface area contributed by atoms with Gasteiger partial charge in [0.05, 0.1) is 0 Å². The molecule has 0 N–H and O–H groups in total. The van der Waals surface area contributed by atoms with E-state index in [4.69, 9.17) is 0 Å². The highest BCUT2D eigenvalue weighted by atomic mass is 32.1. The zero-order valence-electron chi connectivity index (χ0n) is 11.4. The lowest BCUT2D eigenvalue weighted by Crippen LogP contribution is -2.32. The molecule has 0 aromatic carbocycles. The standard InChI is InChI=1S/C13H12F4N4S/c14-8-10(9(15)12(17)19-11(8)16)20-3-1-4-21(6-5-20)13-18-2-7-22-13/h2,7H,1,3-6H2. The molecule has 0 spiro atoms. The maximum absolute atomic E-state index is 13.8. The number of thiazole rings is 1. The average molecular weight is 332 g/mol. The fourth-order valence-electron chi connectivity index (χ4n) is 2.46. The number of rotatable bonds is 2. The summed E-state index contributed by atoms with van der Waals surface area (Å²) in [5, 5.41) is 2.65. The first-order valence-corrected chi connectivity index (χ1v) is 7.55. The van der Waals surface area contributed by atoms with Gasteiger partial charge in [-0.05, 0) is 6.42 Å². The summed E-state index contributed by atoms with van der Waals surface area (Å²) in [6.45, 7) is 1.64. The normalized spacial score (nSPS) is 16.0. The van der Waals surface area contributed by atoms with Crippen LogP contribution in [-0.2, 0) is 0 Å². The topological polar surface area (TPSA) is 32.3 Å². The Morgan fingerprint density at radius 3 is 2.18 bits per heavy atom. The summed E-state index contributed by atoms with van der Waals surface area (Å²) >= 11 is 1.47. The highest BCUT2D eigenvalue weighted by Crippen LogP contribution is 2.28. The van der Waals surface area contributed by atoms with Crippen molar-refractivity contribution >= 4 is 22.2 Å². The van der Waals surface area contributed by atoms with E-state index in [-0.39, 0.29) is 6.54 Å². The summed E-state index contributed by atoms with van der Waals surface area (Å²) in [6, 6.07) is 0. The van der Waals surface area contributed by atoms with Gasteiger partial charge in [-0.3, -0.25) is 0 Å². The van der Waals surface area contributed by atoms with Crippen molar-refractivity contribution in [1.82, 2.24) is 9.97 Å². The third-order valence-electron chi connectivity index (χ3n) is 3.48. The van der Waals surface area contributed by atoms with Crippen molar-refractivity contribution in [2.45, 2.75) is 6.42 Å². The van der Waals surface area contributed by atoms with Crippen LogP contribution >= 0.6 is 11.3 Å². The Labute approximate surface area is 128 Å². The second-order valence-corrected chi connectivity index (χ2v) is 5.69. The molecule has 0 unspecified atom stereocenters. The minimum atomic E-state index is -1.63. The number of halogens is 4. The summed E-state index contributed by atoms with van der Waals surface area (Å²) in [5.41, 5.74) is -0.689. The lowest BCUT2D eigenvalue weighted by Gasteiger charge is -2.24. The summed E-state index contributed by atoms with van der Waals surface area (Å²) in [7, 11) is 0. The zero-order valence-corrected chi connectivity index (χ0v) is 12.2. The fraction of sp³-hybridized carbons (Fsp3) is 0.385. The Morgan fingerprint density at radius 2 is 1.55 bits per heavy atom. The number of aromatic nitrogens is 2. The Balaban J connectivity index is 1.85. The Morgan fingerprint density at radius 1 is 0.909 bits per heavy atom. The monoisotopic (exact) mass is 332 g/mol. The maximum atomic E-state index is 13.8. The van der Waals surface area contributed by atoms with Crippen LogP contribution in [0.1, 0.15) is 6.42 Å². The van der Waals surface area contributed by atoms with Gasteiger partial charge in [-0.2, -0.15) is 22.5 Å². The van der Waals surface area contributed by atoms with E-state index in [1.54, 1.807) is 6.20 Å². The molecule has 3 rings (SSSR count). The van der Waals surface area contributed by atoms with Gasteiger partial charge >= 0.3 is 0 Å². The molecular weight excluding hydrogens is 320 g/mol. The maximum Gasteiger partial charge on any atom is 0.253 e. The van der Waals surface area contributed by atoms with Crippen molar-refractivity contribution in [2.75, 3.05) is 36.0 Å². The van der Waals surface area contributed by atoms with Crippen LogP contribution in [0.25, 0.3) is 0 Å². The van der Waals surface area contributed by atoms with Gasteiger partial charge in [-0.15, -0.1) is 11.3 Å². The number of anilines is 2. The molecule has 1 aliphatic heterocycles. The van der Waals surface area contributed by atoms with Crippen molar-refractivity contribution in [3.05, 3.63) is 35.1 Å². The van der Waals surface area contributed by atoms with Gasteiger partial charge in [0.1, 0.15) is 5.69 Å². The van der Waals surface area contributed by atoms with Crippen LogP contribution in [0.15, 0.2) is 11.6 Å². The highest BCUT2D eigenvalue weighted by Gasteiger charge is 2.27. The van der Waals surface area contributed by atoms with Crippen LogP contribution in [0.3, 0.4) is 0 Å². The van der Waals surface area contributed by atoms with E-state index in [9.17, 15) is 17.6 Å². The second kappa shape index (κ2) is 6.07. The number of hydrogen-bond donors (Lipinski definition) is 0. The van der Waals surface area contributed by atoms with E-state index < -0.39 is 29.2 Å². The van der Waals surface area contributed by atoms with E-state index >= 15 is 0 Å². The SMILES string of the molecule is Fc1nc(F)c(F)c(N2CCCN(c3nccs3)CC2)c1F. The quantitative estimate of drug-likeness (QED) is 0.625. The number of nitrogens with zero attached hydrogens (tertiary/aromatic N) is 4. The molecule has 22 heavy (non-hydrogen) atoms. The summed E-state index contributed by atoms with van der Waals surface area (Å²) in [6.07, 6.45) is 2.26. The first-order chi connectivity index (χ1) is 10.6. The highest BCUT2D eigenvalue weighted by molar-refractivity contribution is 7.13. The molecule has 0 atom stereocenters. The van der Waals surface area contributed by atoms with Crippen LogP contribution in [0.2, 0.25) is 0 Å². The van der Waals surface area contributed by atoms with Gasteiger partial charge in [-0.25, -0.2) is 4.98 Å². The van der Waals surface area contributed by atoms with E-state index in [0.29, 0.717) is 26.1 Å². The van der Waals surface area contributed by atoms with Gasteiger partial charge in [0.2, 0.25) is 11.6 Å². The average Bonchev–Trinajstić information content (AvgIpc) is 2.92. The molecule has 118 valence electrons. The molecule has 9 heteroatoms.